The summed E-state index contributed by atoms with van der Waals surface area (Å²) in [6.45, 7) is 10.0. The molecule has 1 saturated heterocycles. The Morgan fingerprint density at radius 1 is 1.36 bits per heavy atom. The number of rotatable bonds is 8. The Morgan fingerprint density at radius 2 is 2.14 bits per heavy atom. The van der Waals surface area contributed by atoms with Crippen LogP contribution in [0.15, 0.2) is 36.9 Å². The van der Waals surface area contributed by atoms with Crippen molar-refractivity contribution in [3.05, 3.63) is 42.5 Å². The van der Waals surface area contributed by atoms with E-state index in [0.717, 1.165) is 39.1 Å². The maximum Gasteiger partial charge on any atom is 0.255 e. The SMILES string of the molecule is C=CCOc1ccccc1C(=O)NCCCN1CCNCC1. The molecule has 120 valence electrons. The van der Waals surface area contributed by atoms with Gasteiger partial charge in [0.2, 0.25) is 0 Å². The summed E-state index contributed by atoms with van der Waals surface area (Å²) in [5.41, 5.74) is 0.575. The lowest BCUT2D eigenvalue weighted by Crippen LogP contribution is -2.44. The highest BCUT2D eigenvalue weighted by Gasteiger charge is 2.12. The van der Waals surface area contributed by atoms with Crippen molar-refractivity contribution in [3.63, 3.8) is 0 Å². The molecule has 0 radical (unpaired) electrons. The fourth-order valence-corrected chi connectivity index (χ4v) is 2.46. The van der Waals surface area contributed by atoms with Gasteiger partial charge in [0.25, 0.3) is 5.91 Å². The highest BCUT2D eigenvalue weighted by Crippen LogP contribution is 2.17. The van der Waals surface area contributed by atoms with E-state index >= 15 is 0 Å². The number of piperazine rings is 1. The Balaban J connectivity index is 1.75. The van der Waals surface area contributed by atoms with Crippen molar-refractivity contribution in [2.24, 2.45) is 0 Å². The fraction of sp³-hybridized carbons (Fsp3) is 0.471. The van der Waals surface area contributed by atoms with Crippen LogP contribution in [0.3, 0.4) is 0 Å². The number of amides is 1. The fourth-order valence-electron chi connectivity index (χ4n) is 2.46. The van der Waals surface area contributed by atoms with Crippen LogP contribution in [-0.4, -0.2) is 56.7 Å². The summed E-state index contributed by atoms with van der Waals surface area (Å²) in [6, 6.07) is 7.29. The standard InChI is InChI=1S/C17H25N3O2/c1-2-14-22-16-7-4-3-6-15(16)17(21)19-8-5-11-20-12-9-18-10-13-20/h2-4,6-7,18H,1,5,8-14H2,(H,19,21). The molecule has 22 heavy (non-hydrogen) atoms. The zero-order valence-electron chi connectivity index (χ0n) is 13.0. The van der Waals surface area contributed by atoms with Crippen LogP contribution in [-0.2, 0) is 0 Å². The van der Waals surface area contributed by atoms with E-state index < -0.39 is 0 Å². The molecule has 1 aliphatic heterocycles. The van der Waals surface area contributed by atoms with Crippen LogP contribution in [0.4, 0.5) is 0 Å². The summed E-state index contributed by atoms with van der Waals surface area (Å²) < 4.78 is 5.51. The molecule has 5 heteroatoms. The van der Waals surface area contributed by atoms with Crippen LogP contribution >= 0.6 is 0 Å². The van der Waals surface area contributed by atoms with Gasteiger partial charge < -0.3 is 20.3 Å². The van der Waals surface area contributed by atoms with Gasteiger partial charge in [0.15, 0.2) is 0 Å². The number of benzene rings is 1. The highest BCUT2D eigenvalue weighted by molar-refractivity contribution is 5.96. The zero-order chi connectivity index (χ0) is 15.6. The third-order valence-electron chi connectivity index (χ3n) is 3.63. The number of nitrogens with zero attached hydrogens (tertiary/aromatic N) is 1. The second-order valence-corrected chi connectivity index (χ2v) is 5.30. The largest absolute Gasteiger partial charge is 0.489 e. The van der Waals surface area contributed by atoms with E-state index in [1.807, 2.05) is 12.1 Å². The maximum absolute atomic E-state index is 12.2. The Bertz CT molecular complexity index is 485. The Labute approximate surface area is 132 Å². The first-order valence-electron chi connectivity index (χ1n) is 7.85. The molecule has 5 nitrogen and oxygen atoms in total. The lowest BCUT2D eigenvalue weighted by Gasteiger charge is -2.27. The van der Waals surface area contributed by atoms with Gasteiger partial charge in [-0.1, -0.05) is 24.8 Å². The smallest absolute Gasteiger partial charge is 0.255 e. The van der Waals surface area contributed by atoms with Gasteiger partial charge in [0, 0.05) is 32.7 Å². The molecule has 1 aromatic rings. The molecule has 2 rings (SSSR count). The van der Waals surface area contributed by atoms with E-state index in [1.165, 1.54) is 0 Å². The summed E-state index contributed by atoms with van der Waals surface area (Å²) in [4.78, 5) is 14.7. The molecule has 1 aromatic carbocycles. The lowest BCUT2D eigenvalue weighted by molar-refractivity contribution is 0.0947. The second kappa shape index (κ2) is 9.23. The van der Waals surface area contributed by atoms with Gasteiger partial charge in [-0.05, 0) is 25.1 Å². The summed E-state index contributed by atoms with van der Waals surface area (Å²) in [5.74, 6) is 0.516. The highest BCUT2D eigenvalue weighted by atomic mass is 16.5. The molecular weight excluding hydrogens is 278 g/mol. The van der Waals surface area contributed by atoms with E-state index in [-0.39, 0.29) is 5.91 Å². The van der Waals surface area contributed by atoms with Crippen molar-refractivity contribution in [3.8, 4) is 5.75 Å². The van der Waals surface area contributed by atoms with Gasteiger partial charge in [-0.15, -0.1) is 0 Å². The maximum atomic E-state index is 12.2. The molecule has 0 spiro atoms. The van der Waals surface area contributed by atoms with Crippen LogP contribution < -0.4 is 15.4 Å². The predicted molar refractivity (Wildman–Crippen MR) is 88.4 cm³/mol. The molecule has 0 unspecified atom stereocenters. The summed E-state index contributed by atoms with van der Waals surface area (Å²) >= 11 is 0. The molecule has 0 aromatic heterocycles. The topological polar surface area (TPSA) is 53.6 Å². The first-order chi connectivity index (χ1) is 10.8. The minimum absolute atomic E-state index is 0.0834. The number of ether oxygens (including phenoxy) is 1. The van der Waals surface area contributed by atoms with Crippen molar-refractivity contribution in [1.29, 1.82) is 0 Å². The number of para-hydroxylation sites is 1. The van der Waals surface area contributed by atoms with Crippen LogP contribution in [0, 0.1) is 0 Å². The zero-order valence-corrected chi connectivity index (χ0v) is 13.0. The van der Waals surface area contributed by atoms with E-state index in [1.54, 1.807) is 18.2 Å². The van der Waals surface area contributed by atoms with Crippen molar-refractivity contribution in [2.45, 2.75) is 6.42 Å². The second-order valence-electron chi connectivity index (χ2n) is 5.30. The molecule has 0 bridgehead atoms. The van der Waals surface area contributed by atoms with Crippen molar-refractivity contribution >= 4 is 5.91 Å². The summed E-state index contributed by atoms with van der Waals surface area (Å²) in [6.07, 6.45) is 2.63. The number of carbonyl (C=O) groups excluding carboxylic acids is 1. The van der Waals surface area contributed by atoms with Gasteiger partial charge >= 0.3 is 0 Å². The van der Waals surface area contributed by atoms with Crippen molar-refractivity contribution in [2.75, 3.05) is 45.9 Å². The monoisotopic (exact) mass is 303 g/mol. The molecule has 1 heterocycles. The molecular formula is C17H25N3O2. The third kappa shape index (κ3) is 5.16. The predicted octanol–water partition coefficient (Wildman–Crippen LogP) is 1.28. The molecule has 1 aliphatic rings. The Kier molecular flexibility index (Phi) is 6.93. The minimum Gasteiger partial charge on any atom is -0.489 e. The third-order valence-corrected chi connectivity index (χ3v) is 3.63. The summed E-state index contributed by atoms with van der Waals surface area (Å²) in [7, 11) is 0. The molecule has 0 saturated carbocycles. The average molecular weight is 303 g/mol. The first kappa shape index (κ1) is 16.5. The normalized spacial score (nSPS) is 15.3. The molecule has 1 fully saturated rings. The minimum atomic E-state index is -0.0834. The van der Waals surface area contributed by atoms with E-state index in [0.29, 0.717) is 24.5 Å². The van der Waals surface area contributed by atoms with Gasteiger partial charge in [0.05, 0.1) is 5.56 Å². The average Bonchev–Trinajstić information content (AvgIpc) is 2.58. The quantitative estimate of drug-likeness (QED) is 0.561. The van der Waals surface area contributed by atoms with Crippen LogP contribution in [0.5, 0.6) is 5.75 Å². The van der Waals surface area contributed by atoms with E-state index in [4.69, 9.17) is 4.74 Å². The van der Waals surface area contributed by atoms with Crippen LogP contribution in [0.2, 0.25) is 0 Å². The van der Waals surface area contributed by atoms with Gasteiger partial charge in [-0.2, -0.15) is 0 Å². The van der Waals surface area contributed by atoms with Crippen molar-refractivity contribution in [1.82, 2.24) is 15.5 Å². The van der Waals surface area contributed by atoms with E-state index in [2.05, 4.69) is 22.1 Å². The number of hydrogen-bond acceptors (Lipinski definition) is 4. The van der Waals surface area contributed by atoms with Crippen LogP contribution in [0.1, 0.15) is 16.8 Å². The summed E-state index contributed by atoms with van der Waals surface area (Å²) in [5, 5.41) is 6.30. The van der Waals surface area contributed by atoms with Crippen molar-refractivity contribution < 1.29 is 9.53 Å². The Morgan fingerprint density at radius 3 is 2.91 bits per heavy atom. The molecule has 1 amide bonds. The van der Waals surface area contributed by atoms with Crippen LogP contribution in [0.25, 0.3) is 0 Å². The Hall–Kier alpha value is -1.85. The van der Waals surface area contributed by atoms with E-state index in [9.17, 15) is 4.79 Å². The lowest BCUT2D eigenvalue weighted by atomic mass is 10.2. The number of hydrogen-bond donors (Lipinski definition) is 2. The first-order valence-corrected chi connectivity index (χ1v) is 7.85. The van der Waals surface area contributed by atoms with Gasteiger partial charge in [-0.3, -0.25) is 4.79 Å². The molecule has 0 atom stereocenters. The molecule has 0 aliphatic carbocycles. The number of carbonyl (C=O) groups is 1. The molecule has 2 N–H and O–H groups in total. The van der Waals surface area contributed by atoms with Gasteiger partial charge in [-0.25, -0.2) is 0 Å². The number of nitrogens with one attached hydrogen (secondary N) is 2. The van der Waals surface area contributed by atoms with Gasteiger partial charge in [0.1, 0.15) is 12.4 Å².